The fourth-order valence-corrected chi connectivity index (χ4v) is 9.65. The Balaban J connectivity index is 1.66. The molecule has 0 aromatic carbocycles. The van der Waals surface area contributed by atoms with E-state index in [0.717, 1.165) is 30.4 Å². The van der Waals surface area contributed by atoms with Gasteiger partial charge in [-0.1, -0.05) is 54.0 Å². The molecule has 2 fully saturated rings. The quantitative estimate of drug-likeness (QED) is 0.480. The highest BCUT2D eigenvalue weighted by atomic mass is 16.5. The molecule has 0 aromatic heterocycles. The van der Waals surface area contributed by atoms with Gasteiger partial charge in [0.15, 0.2) is 5.78 Å². The minimum atomic E-state index is -0.575. The number of carbonyl (C=O) groups is 3. The Morgan fingerprint density at radius 3 is 2.30 bits per heavy atom. The van der Waals surface area contributed by atoms with Crippen LogP contribution in [0.2, 0.25) is 0 Å². The molecule has 2 saturated carbocycles. The van der Waals surface area contributed by atoms with E-state index in [1.54, 1.807) is 6.92 Å². The lowest BCUT2D eigenvalue weighted by Crippen LogP contribution is -2.58. The number of aliphatic hydroxyl groups is 2. The van der Waals surface area contributed by atoms with Crippen LogP contribution in [-0.2, 0) is 19.1 Å². The largest absolute Gasteiger partial charge is 0.469 e. The van der Waals surface area contributed by atoms with Crippen molar-refractivity contribution in [3.8, 4) is 0 Å². The summed E-state index contributed by atoms with van der Waals surface area (Å²) in [5, 5.41) is 22.5. The van der Waals surface area contributed by atoms with Gasteiger partial charge in [0.1, 0.15) is 5.78 Å². The number of fused-ring (bicyclic) bond motifs is 4. The summed E-state index contributed by atoms with van der Waals surface area (Å²) < 4.78 is 4.78. The number of hydrogen-bond donors (Lipinski definition) is 2. The Bertz CT molecular complexity index is 1010. The summed E-state index contributed by atoms with van der Waals surface area (Å²) >= 11 is 0. The maximum Gasteiger partial charge on any atom is 0.308 e. The minimum Gasteiger partial charge on any atom is -0.469 e. The first-order valence-electron chi connectivity index (χ1n) is 14.3. The highest BCUT2D eigenvalue weighted by Crippen LogP contribution is 2.71. The van der Waals surface area contributed by atoms with Crippen molar-refractivity contribution in [3.63, 3.8) is 0 Å². The van der Waals surface area contributed by atoms with Gasteiger partial charge in [-0.3, -0.25) is 14.4 Å². The molecule has 9 unspecified atom stereocenters. The molecule has 6 nitrogen and oxygen atoms in total. The number of hydrogen-bond acceptors (Lipinski definition) is 6. The van der Waals surface area contributed by atoms with E-state index in [4.69, 9.17) is 4.74 Å². The Labute approximate surface area is 222 Å². The number of allylic oxidation sites excluding steroid dienone is 1. The van der Waals surface area contributed by atoms with Gasteiger partial charge < -0.3 is 14.9 Å². The number of Topliss-reactive ketones (excluding diaryl/α,β-unsaturated/α-hetero) is 2. The summed E-state index contributed by atoms with van der Waals surface area (Å²) in [4.78, 5) is 38.8. The van der Waals surface area contributed by atoms with Gasteiger partial charge in [-0.25, -0.2) is 0 Å². The zero-order valence-corrected chi connectivity index (χ0v) is 24.1. The van der Waals surface area contributed by atoms with Crippen LogP contribution in [0.25, 0.3) is 0 Å². The molecule has 0 radical (unpaired) electrons. The van der Waals surface area contributed by atoms with Crippen LogP contribution in [-0.4, -0.2) is 47.1 Å². The van der Waals surface area contributed by atoms with E-state index in [1.165, 1.54) is 7.11 Å². The Morgan fingerprint density at radius 1 is 1.03 bits per heavy atom. The van der Waals surface area contributed by atoms with Gasteiger partial charge in [0.2, 0.25) is 0 Å². The van der Waals surface area contributed by atoms with Crippen LogP contribution in [0, 0.1) is 45.3 Å². The van der Waals surface area contributed by atoms with E-state index < -0.39 is 22.9 Å². The van der Waals surface area contributed by atoms with E-state index in [9.17, 15) is 24.6 Å². The molecule has 0 aliphatic heterocycles. The van der Waals surface area contributed by atoms with Gasteiger partial charge >= 0.3 is 5.97 Å². The summed E-state index contributed by atoms with van der Waals surface area (Å²) in [5.41, 5.74) is 0.569. The van der Waals surface area contributed by atoms with Gasteiger partial charge in [-0.05, 0) is 66.1 Å². The number of aliphatic hydroxyl groups excluding tert-OH is 2. The monoisotopic (exact) mass is 516 g/mol. The minimum absolute atomic E-state index is 0.00976. The zero-order chi connectivity index (χ0) is 27.7. The van der Waals surface area contributed by atoms with E-state index in [0.29, 0.717) is 25.7 Å². The lowest BCUT2D eigenvalue weighted by molar-refractivity contribution is -0.146. The molecule has 208 valence electrons. The van der Waals surface area contributed by atoms with Gasteiger partial charge in [0, 0.05) is 30.3 Å². The molecule has 0 heterocycles. The van der Waals surface area contributed by atoms with E-state index in [2.05, 4.69) is 41.5 Å². The van der Waals surface area contributed by atoms with Crippen LogP contribution in [0.5, 0.6) is 0 Å². The van der Waals surface area contributed by atoms with Crippen LogP contribution in [0.15, 0.2) is 11.1 Å². The van der Waals surface area contributed by atoms with Crippen LogP contribution in [0.3, 0.4) is 0 Å². The molecule has 0 spiro atoms. The Kier molecular flexibility index (Phi) is 7.15. The number of ether oxygens (including phenoxy) is 1. The maximum absolute atomic E-state index is 14.1. The molecule has 0 aromatic rings. The predicted molar refractivity (Wildman–Crippen MR) is 141 cm³/mol. The molecular weight excluding hydrogens is 468 g/mol. The number of methoxy groups -OCH3 is 1. The van der Waals surface area contributed by atoms with E-state index in [-0.39, 0.29) is 58.6 Å². The first-order valence-corrected chi connectivity index (χ1v) is 14.3. The molecule has 6 heteroatoms. The molecule has 0 amide bonds. The SMILES string of the molecule is COC(=O)C(C)CC(=O)CC(C)C1CC(O)C2(C)C3=C(C(=O)CC12C)C1(C)CCC(O)C(C)(C)C1CC3. The summed E-state index contributed by atoms with van der Waals surface area (Å²) in [6.45, 7) is 14.6. The zero-order valence-electron chi connectivity index (χ0n) is 24.1. The third kappa shape index (κ3) is 3.99. The Hall–Kier alpha value is -1.53. The first-order chi connectivity index (χ1) is 17.1. The predicted octanol–water partition coefficient (Wildman–Crippen LogP) is 5.04. The molecule has 4 aliphatic carbocycles. The molecule has 37 heavy (non-hydrogen) atoms. The van der Waals surface area contributed by atoms with Crippen molar-refractivity contribution in [2.75, 3.05) is 7.11 Å². The average Bonchev–Trinajstić information content (AvgIpc) is 3.02. The lowest BCUT2D eigenvalue weighted by atomic mass is 9.43. The second kappa shape index (κ2) is 9.29. The summed E-state index contributed by atoms with van der Waals surface area (Å²) in [7, 11) is 1.33. The highest BCUT2D eigenvalue weighted by Gasteiger charge is 2.68. The molecule has 4 aliphatic rings. The van der Waals surface area contributed by atoms with Gasteiger partial charge in [-0.15, -0.1) is 0 Å². The first kappa shape index (κ1) is 28.5. The fourth-order valence-electron chi connectivity index (χ4n) is 9.65. The van der Waals surface area contributed by atoms with Crippen molar-refractivity contribution in [2.45, 2.75) is 112 Å². The van der Waals surface area contributed by atoms with E-state index >= 15 is 0 Å². The van der Waals surface area contributed by atoms with E-state index in [1.807, 2.05) is 0 Å². The number of ketones is 2. The third-order valence-electron chi connectivity index (χ3n) is 12.0. The van der Waals surface area contributed by atoms with Crippen molar-refractivity contribution in [1.29, 1.82) is 0 Å². The third-order valence-corrected chi connectivity index (χ3v) is 12.0. The summed E-state index contributed by atoms with van der Waals surface area (Å²) in [6, 6.07) is 0. The van der Waals surface area contributed by atoms with Crippen LogP contribution in [0.1, 0.15) is 99.8 Å². The second-order valence-corrected chi connectivity index (χ2v) is 14.2. The topological polar surface area (TPSA) is 101 Å². The normalized spacial score (nSPS) is 42.4. The molecular formula is C31H48O6. The fraction of sp³-hybridized carbons (Fsp3) is 0.839. The molecule has 4 rings (SSSR count). The number of esters is 1. The molecule has 2 N–H and O–H groups in total. The van der Waals surface area contributed by atoms with Crippen molar-refractivity contribution in [1.82, 2.24) is 0 Å². The summed E-state index contributed by atoms with van der Waals surface area (Å²) in [6.07, 6.45) is 3.66. The van der Waals surface area contributed by atoms with Gasteiger partial charge in [-0.2, -0.15) is 0 Å². The van der Waals surface area contributed by atoms with Gasteiger partial charge in [0.05, 0.1) is 25.2 Å². The second-order valence-electron chi connectivity index (χ2n) is 14.2. The smallest absolute Gasteiger partial charge is 0.308 e. The van der Waals surface area contributed by atoms with Crippen molar-refractivity contribution >= 4 is 17.5 Å². The van der Waals surface area contributed by atoms with Crippen molar-refractivity contribution in [3.05, 3.63) is 11.1 Å². The van der Waals surface area contributed by atoms with Crippen LogP contribution >= 0.6 is 0 Å². The summed E-state index contributed by atoms with van der Waals surface area (Å²) in [5.74, 6) is -0.388. The molecule has 0 saturated heterocycles. The average molecular weight is 517 g/mol. The van der Waals surface area contributed by atoms with Crippen molar-refractivity contribution < 1.29 is 29.3 Å². The standard InChI is InChI=1S/C31H48O6/c1-17(13-19(32)14-18(2)27(36)37-8)21-15-25(35)31(7)20-9-10-23-28(3,4)24(34)11-12-29(23,5)26(20)22(33)16-30(21,31)6/h17-18,21,23-25,34-35H,9-16H2,1-8H3. The molecule has 0 bridgehead atoms. The van der Waals surface area contributed by atoms with Crippen molar-refractivity contribution in [2.24, 2.45) is 45.3 Å². The maximum atomic E-state index is 14.1. The number of carbonyl (C=O) groups excluding carboxylic acids is 3. The highest BCUT2D eigenvalue weighted by molar-refractivity contribution is 6.00. The van der Waals surface area contributed by atoms with Crippen LogP contribution in [0.4, 0.5) is 0 Å². The van der Waals surface area contributed by atoms with Crippen LogP contribution < -0.4 is 0 Å². The molecule has 9 atom stereocenters. The van der Waals surface area contributed by atoms with Gasteiger partial charge in [0.25, 0.3) is 0 Å². The number of rotatable bonds is 6. The Morgan fingerprint density at radius 2 is 1.68 bits per heavy atom. The lowest BCUT2D eigenvalue weighted by Gasteiger charge is -2.61.